The van der Waals surface area contributed by atoms with Crippen molar-refractivity contribution in [2.24, 2.45) is 5.92 Å². The molecule has 1 aliphatic rings. The average Bonchev–Trinajstić information content (AvgIpc) is 2.90. The van der Waals surface area contributed by atoms with Gasteiger partial charge in [-0.2, -0.15) is 5.92 Å². The molecule has 0 radical (unpaired) electrons. The van der Waals surface area contributed by atoms with E-state index in [9.17, 15) is 0 Å². The van der Waals surface area contributed by atoms with Crippen molar-refractivity contribution >= 4 is 11.8 Å². The van der Waals surface area contributed by atoms with Crippen LogP contribution in [0.1, 0.15) is 6.42 Å². The van der Waals surface area contributed by atoms with Crippen molar-refractivity contribution in [3.05, 3.63) is 48.2 Å². The van der Waals surface area contributed by atoms with Gasteiger partial charge in [-0.25, -0.2) is 6.42 Å². The Hall–Kier alpha value is -0.171. The average molecular weight is 239 g/mol. The summed E-state index contributed by atoms with van der Waals surface area (Å²) in [5.74, 6) is 0.765. The van der Waals surface area contributed by atoms with Crippen LogP contribution in [0.3, 0.4) is 0 Å². The van der Waals surface area contributed by atoms with Gasteiger partial charge in [0.1, 0.15) is 0 Å². The predicted molar refractivity (Wildman–Crippen MR) is 53.8 cm³/mol. The van der Waals surface area contributed by atoms with Gasteiger partial charge in [0.2, 0.25) is 0 Å². The quantitative estimate of drug-likeness (QED) is 0.441. The van der Waals surface area contributed by atoms with Crippen LogP contribution in [0.2, 0.25) is 0 Å². The molecule has 0 aromatic heterocycles. The van der Waals surface area contributed by atoms with Crippen LogP contribution in [-0.4, -0.2) is 0 Å². The Morgan fingerprint density at radius 1 is 1.31 bits per heavy atom. The van der Waals surface area contributed by atoms with Crippen molar-refractivity contribution in [3.8, 4) is 0 Å². The minimum absolute atomic E-state index is 0. The number of hydrogen-bond donors (Lipinski definition) is 0. The summed E-state index contributed by atoms with van der Waals surface area (Å²) in [7, 11) is 0. The fourth-order valence-corrected chi connectivity index (χ4v) is 1.71. The third kappa shape index (κ3) is 4.04. The molecule has 1 fully saturated rings. The van der Waals surface area contributed by atoms with Crippen molar-refractivity contribution in [2.75, 3.05) is 0 Å². The van der Waals surface area contributed by atoms with Crippen LogP contribution in [-0.2, 0) is 17.1 Å². The van der Waals surface area contributed by atoms with Crippen molar-refractivity contribution < 1.29 is 17.1 Å². The number of benzene rings is 1. The SMILES string of the molecule is C(=CC1[CH-]C1)Sc1ccccc1.[Cu+]. The van der Waals surface area contributed by atoms with Gasteiger partial charge >= 0.3 is 17.1 Å². The largest absolute Gasteiger partial charge is 1.00 e. The Kier molecular flexibility index (Phi) is 4.65. The minimum atomic E-state index is 0. The van der Waals surface area contributed by atoms with E-state index in [-0.39, 0.29) is 17.1 Å². The van der Waals surface area contributed by atoms with E-state index in [1.165, 1.54) is 11.3 Å². The molecule has 1 aromatic carbocycles. The molecule has 0 saturated heterocycles. The number of hydrogen-bond acceptors (Lipinski definition) is 1. The minimum Gasteiger partial charge on any atom is -0.326 e. The van der Waals surface area contributed by atoms with Gasteiger partial charge in [-0.05, 0) is 17.5 Å². The third-order valence-corrected chi connectivity index (χ3v) is 2.62. The van der Waals surface area contributed by atoms with E-state index in [1.54, 1.807) is 11.8 Å². The smallest absolute Gasteiger partial charge is 0.326 e. The molecule has 13 heavy (non-hydrogen) atoms. The van der Waals surface area contributed by atoms with Gasteiger partial charge < -0.3 is 6.42 Å². The first-order valence-electron chi connectivity index (χ1n) is 4.17. The predicted octanol–water partition coefficient (Wildman–Crippen LogP) is 3.51. The van der Waals surface area contributed by atoms with Crippen LogP contribution in [0.15, 0.2) is 46.7 Å². The van der Waals surface area contributed by atoms with E-state index < -0.39 is 0 Å². The molecule has 1 aliphatic carbocycles. The molecule has 0 spiro atoms. The molecule has 0 N–H and O–H groups in total. The Balaban J connectivity index is 0.000000845. The van der Waals surface area contributed by atoms with Crippen LogP contribution in [0, 0.1) is 12.3 Å². The second-order valence-corrected chi connectivity index (χ2v) is 3.87. The van der Waals surface area contributed by atoms with Gasteiger partial charge in [-0.1, -0.05) is 30.0 Å². The van der Waals surface area contributed by atoms with E-state index in [0.717, 1.165) is 5.92 Å². The zero-order valence-corrected chi connectivity index (χ0v) is 8.87. The molecular formula is C11H11CuS. The van der Waals surface area contributed by atoms with Crippen LogP contribution in [0.5, 0.6) is 0 Å². The molecule has 1 unspecified atom stereocenters. The van der Waals surface area contributed by atoms with Crippen LogP contribution in [0.25, 0.3) is 0 Å². The second kappa shape index (κ2) is 5.54. The number of thioether (sulfide) groups is 1. The Labute approximate surface area is 94.3 Å². The van der Waals surface area contributed by atoms with Crippen molar-refractivity contribution in [1.29, 1.82) is 0 Å². The summed E-state index contributed by atoms with van der Waals surface area (Å²) in [5, 5.41) is 2.18. The first kappa shape index (κ1) is 10.9. The molecule has 0 aliphatic heterocycles. The molecule has 1 aromatic rings. The summed E-state index contributed by atoms with van der Waals surface area (Å²) in [4.78, 5) is 1.31. The molecule has 1 saturated carbocycles. The molecule has 2 heteroatoms. The zero-order chi connectivity index (χ0) is 8.23. The van der Waals surface area contributed by atoms with E-state index in [0.29, 0.717) is 0 Å². The molecule has 1 atom stereocenters. The molecule has 72 valence electrons. The van der Waals surface area contributed by atoms with Gasteiger partial charge in [0.25, 0.3) is 0 Å². The first-order chi connectivity index (χ1) is 5.95. The van der Waals surface area contributed by atoms with Crippen LogP contribution >= 0.6 is 11.8 Å². The van der Waals surface area contributed by atoms with Gasteiger partial charge in [0.15, 0.2) is 0 Å². The normalized spacial score (nSPS) is 19.8. The summed E-state index contributed by atoms with van der Waals surface area (Å²) in [6, 6.07) is 10.4. The maximum atomic E-state index is 2.31. The fraction of sp³-hybridized carbons (Fsp3) is 0.182. The van der Waals surface area contributed by atoms with Crippen molar-refractivity contribution in [1.82, 2.24) is 0 Å². The number of rotatable bonds is 3. The van der Waals surface area contributed by atoms with Gasteiger partial charge in [-0.15, -0.1) is 6.08 Å². The summed E-state index contributed by atoms with van der Waals surface area (Å²) >= 11 is 1.79. The second-order valence-electron chi connectivity index (χ2n) is 2.89. The molecule has 0 heterocycles. The summed E-state index contributed by atoms with van der Waals surface area (Å²) in [6.45, 7) is 0. The fourth-order valence-electron chi connectivity index (χ4n) is 0.954. The Bertz CT molecular complexity index is 265. The van der Waals surface area contributed by atoms with Gasteiger partial charge in [0.05, 0.1) is 0 Å². The summed E-state index contributed by atoms with van der Waals surface area (Å²) in [6.07, 6.45) is 5.84. The van der Waals surface area contributed by atoms with Crippen molar-refractivity contribution in [3.63, 3.8) is 0 Å². The van der Waals surface area contributed by atoms with Gasteiger partial charge in [-0.3, -0.25) is 0 Å². The van der Waals surface area contributed by atoms with Crippen molar-refractivity contribution in [2.45, 2.75) is 11.3 Å². The monoisotopic (exact) mass is 238 g/mol. The Morgan fingerprint density at radius 3 is 2.62 bits per heavy atom. The van der Waals surface area contributed by atoms with Gasteiger partial charge in [0, 0.05) is 4.90 Å². The maximum absolute atomic E-state index is 2.31. The third-order valence-electron chi connectivity index (χ3n) is 1.78. The summed E-state index contributed by atoms with van der Waals surface area (Å²) < 4.78 is 0. The maximum Gasteiger partial charge on any atom is 1.00 e. The molecular weight excluding hydrogens is 228 g/mol. The standard InChI is InChI=1S/C11H11S.Cu/c1-2-4-11(5-3-1)12-9-8-10-6-7-10;/h1-6,8-10H,7H2;/q-1;+1. The van der Waals surface area contributed by atoms with Crippen LogP contribution < -0.4 is 0 Å². The van der Waals surface area contributed by atoms with Crippen LogP contribution in [0.4, 0.5) is 0 Å². The molecule has 0 nitrogen and oxygen atoms in total. The van der Waals surface area contributed by atoms with E-state index in [4.69, 9.17) is 0 Å². The number of allylic oxidation sites excluding steroid dienone is 1. The van der Waals surface area contributed by atoms with E-state index in [2.05, 4.69) is 42.2 Å². The molecule has 0 amide bonds. The molecule has 2 rings (SSSR count). The Morgan fingerprint density at radius 2 is 2.00 bits per heavy atom. The molecule has 0 bridgehead atoms. The zero-order valence-electron chi connectivity index (χ0n) is 7.11. The summed E-state index contributed by atoms with van der Waals surface area (Å²) in [5.41, 5.74) is 0. The van der Waals surface area contributed by atoms with E-state index in [1.807, 2.05) is 6.07 Å². The topological polar surface area (TPSA) is 0 Å². The van der Waals surface area contributed by atoms with E-state index >= 15 is 0 Å². The first-order valence-corrected chi connectivity index (χ1v) is 5.05.